The summed E-state index contributed by atoms with van der Waals surface area (Å²) in [5.41, 5.74) is 8.13. The van der Waals surface area contributed by atoms with Crippen LogP contribution >= 0.6 is 0 Å². The van der Waals surface area contributed by atoms with Crippen molar-refractivity contribution in [2.75, 3.05) is 7.05 Å². The second-order valence-corrected chi connectivity index (χ2v) is 13.6. The molecule has 1 aliphatic carbocycles. The molecule has 0 saturated heterocycles. The molecule has 0 amide bonds. The number of likely N-dealkylation sites (N-methyl/N-ethyl adjacent to an activating group) is 1. The highest BCUT2D eigenvalue weighted by Crippen LogP contribution is 2.42. The van der Waals surface area contributed by atoms with Crippen LogP contribution in [0.4, 0.5) is 0 Å². The Morgan fingerprint density at radius 1 is 0.510 bits per heavy atom. The number of aliphatic imine (C=N–C) groups is 1. The second-order valence-electron chi connectivity index (χ2n) is 13.6. The van der Waals surface area contributed by atoms with Crippen LogP contribution in [0.25, 0.3) is 76.7 Å². The number of benzene rings is 7. The summed E-state index contributed by atoms with van der Waals surface area (Å²) in [5, 5.41) is 9.86. The van der Waals surface area contributed by atoms with E-state index in [0.29, 0.717) is 0 Å². The number of amidine groups is 1. The lowest BCUT2D eigenvalue weighted by Gasteiger charge is -2.36. The molecule has 0 fully saturated rings. The number of hydrogen-bond acceptors (Lipinski definition) is 2. The Morgan fingerprint density at radius 3 is 1.96 bits per heavy atom. The van der Waals surface area contributed by atoms with Crippen LogP contribution in [-0.4, -0.2) is 33.0 Å². The molecule has 0 radical (unpaired) electrons. The molecule has 11 rings (SSSR count). The first-order chi connectivity index (χ1) is 25.2. The number of para-hydroxylation sites is 3. The molecule has 2 aliphatic rings. The van der Waals surface area contributed by atoms with Gasteiger partial charge in [0, 0.05) is 45.4 Å². The van der Waals surface area contributed by atoms with E-state index in [9.17, 15) is 0 Å². The Labute approximate surface area is 294 Å². The molecule has 1 atom stereocenters. The van der Waals surface area contributed by atoms with Gasteiger partial charge in [-0.15, -0.1) is 0 Å². The second kappa shape index (κ2) is 10.7. The minimum atomic E-state index is 0.0172. The Kier molecular flexibility index (Phi) is 5.90. The zero-order chi connectivity index (χ0) is 33.6. The summed E-state index contributed by atoms with van der Waals surface area (Å²) in [5.74, 6) is 1.91. The molecule has 4 heteroatoms. The van der Waals surface area contributed by atoms with Crippen LogP contribution in [0.5, 0.6) is 0 Å². The quantitative estimate of drug-likeness (QED) is 0.186. The molecular formula is C47H32N4. The van der Waals surface area contributed by atoms with E-state index in [2.05, 4.69) is 191 Å². The lowest BCUT2D eigenvalue weighted by molar-refractivity contribution is 0.467. The molecule has 1 unspecified atom stereocenters. The molecule has 0 bridgehead atoms. The fourth-order valence-electron chi connectivity index (χ4n) is 8.63. The average molecular weight is 653 g/mol. The van der Waals surface area contributed by atoms with E-state index in [1.54, 1.807) is 0 Å². The molecule has 0 saturated carbocycles. The summed E-state index contributed by atoms with van der Waals surface area (Å²) < 4.78 is 4.81. The Balaban J connectivity index is 1.26. The van der Waals surface area contributed by atoms with Gasteiger partial charge in [0.05, 0.1) is 28.1 Å². The highest BCUT2D eigenvalue weighted by Gasteiger charge is 2.32. The monoisotopic (exact) mass is 652 g/mol. The van der Waals surface area contributed by atoms with Crippen molar-refractivity contribution < 1.29 is 0 Å². The molecule has 1 aliphatic heterocycles. The first-order valence-electron chi connectivity index (χ1n) is 17.6. The summed E-state index contributed by atoms with van der Waals surface area (Å²) in [6, 6.07) is 52.8. The molecule has 240 valence electrons. The minimum Gasteiger partial charge on any atom is -0.348 e. The van der Waals surface area contributed by atoms with Crippen molar-refractivity contribution >= 4 is 76.8 Å². The molecule has 3 heterocycles. The van der Waals surface area contributed by atoms with E-state index in [-0.39, 0.29) is 6.04 Å². The zero-order valence-electron chi connectivity index (χ0n) is 28.0. The third-order valence-electron chi connectivity index (χ3n) is 10.9. The van der Waals surface area contributed by atoms with Crippen molar-refractivity contribution in [2.45, 2.75) is 6.04 Å². The summed E-state index contributed by atoms with van der Waals surface area (Å²) in [6.45, 7) is 0. The van der Waals surface area contributed by atoms with E-state index in [1.807, 2.05) is 0 Å². The van der Waals surface area contributed by atoms with Crippen molar-refractivity contribution in [3.8, 4) is 5.69 Å². The van der Waals surface area contributed by atoms with Gasteiger partial charge in [0.2, 0.25) is 0 Å². The van der Waals surface area contributed by atoms with Gasteiger partial charge in [0.15, 0.2) is 0 Å². The number of allylic oxidation sites excluding steroid dienone is 2. The van der Waals surface area contributed by atoms with Crippen LogP contribution in [0.2, 0.25) is 0 Å². The maximum Gasteiger partial charge on any atom is 0.145 e. The molecular weight excluding hydrogens is 621 g/mol. The summed E-state index contributed by atoms with van der Waals surface area (Å²) in [7, 11) is 2.19. The number of nitrogens with zero attached hydrogens (tertiary/aromatic N) is 4. The summed E-state index contributed by atoms with van der Waals surface area (Å²) in [6.07, 6.45) is 8.85. The molecule has 51 heavy (non-hydrogen) atoms. The molecule has 9 aromatic rings. The summed E-state index contributed by atoms with van der Waals surface area (Å²) >= 11 is 0. The van der Waals surface area contributed by atoms with Gasteiger partial charge in [-0.1, -0.05) is 127 Å². The van der Waals surface area contributed by atoms with Gasteiger partial charge in [0.25, 0.3) is 0 Å². The van der Waals surface area contributed by atoms with Gasteiger partial charge < -0.3 is 9.47 Å². The van der Waals surface area contributed by atoms with Crippen molar-refractivity contribution in [3.63, 3.8) is 0 Å². The van der Waals surface area contributed by atoms with Gasteiger partial charge in [-0.05, 0) is 64.0 Å². The maximum absolute atomic E-state index is 5.74. The minimum absolute atomic E-state index is 0.0172. The maximum atomic E-state index is 5.74. The van der Waals surface area contributed by atoms with E-state index in [1.165, 1.54) is 59.7 Å². The summed E-state index contributed by atoms with van der Waals surface area (Å²) in [4.78, 5) is 8.10. The van der Waals surface area contributed by atoms with Crippen LogP contribution in [0, 0.1) is 0 Å². The van der Waals surface area contributed by atoms with Crippen LogP contribution in [-0.2, 0) is 0 Å². The SMILES string of the molecule is CN1C(c2cc3c(c4ccccc24)c2ccccc2n3-c2ccccc2)=NC(n2c3ccccc3c3cc4ccccc4cc32)=C2C=CC=CC21. The zero-order valence-corrected chi connectivity index (χ0v) is 28.0. The van der Waals surface area contributed by atoms with E-state index in [4.69, 9.17) is 4.99 Å². The number of aromatic nitrogens is 2. The lowest BCUT2D eigenvalue weighted by atomic mass is 9.94. The number of rotatable bonds is 3. The van der Waals surface area contributed by atoms with E-state index >= 15 is 0 Å². The van der Waals surface area contributed by atoms with Crippen LogP contribution < -0.4 is 0 Å². The predicted octanol–water partition coefficient (Wildman–Crippen LogP) is 11.3. The topological polar surface area (TPSA) is 25.5 Å². The fourth-order valence-corrected chi connectivity index (χ4v) is 8.63. The molecule has 2 aromatic heterocycles. The van der Waals surface area contributed by atoms with Gasteiger partial charge in [0.1, 0.15) is 11.7 Å². The van der Waals surface area contributed by atoms with Crippen molar-refractivity contribution in [1.82, 2.24) is 14.0 Å². The third kappa shape index (κ3) is 3.99. The Hall–Kier alpha value is -6.65. The van der Waals surface area contributed by atoms with Crippen molar-refractivity contribution in [3.05, 3.63) is 181 Å². The van der Waals surface area contributed by atoms with Crippen molar-refractivity contribution in [1.29, 1.82) is 0 Å². The number of hydrogen-bond donors (Lipinski definition) is 0. The van der Waals surface area contributed by atoms with Crippen LogP contribution in [0.3, 0.4) is 0 Å². The van der Waals surface area contributed by atoms with Crippen LogP contribution in [0.15, 0.2) is 180 Å². The smallest absolute Gasteiger partial charge is 0.145 e. The standard InChI is InChI=1S/C47H32N4/c1-49-40-24-12-11-23-37(40)47(51-41-25-13-9-20-34(41)38-27-30-15-5-6-16-31(30)28-43(38)51)48-46(49)39-29-44-45(35-21-8-7-19-33(35)39)36-22-10-14-26-42(36)50(44)32-17-3-2-4-18-32/h2-29,40H,1H3. The van der Waals surface area contributed by atoms with E-state index in [0.717, 1.165) is 33.9 Å². The highest BCUT2D eigenvalue weighted by atomic mass is 15.3. The van der Waals surface area contributed by atoms with Gasteiger partial charge in [-0.25, -0.2) is 4.99 Å². The predicted molar refractivity (Wildman–Crippen MR) is 215 cm³/mol. The molecule has 7 aromatic carbocycles. The first kappa shape index (κ1) is 28.2. The molecule has 0 spiro atoms. The van der Waals surface area contributed by atoms with Gasteiger partial charge in [-0.3, -0.25) is 4.57 Å². The first-order valence-corrected chi connectivity index (χ1v) is 17.6. The third-order valence-corrected chi connectivity index (χ3v) is 10.9. The number of fused-ring (bicyclic) bond motifs is 10. The van der Waals surface area contributed by atoms with E-state index < -0.39 is 0 Å². The normalized spacial score (nSPS) is 16.0. The fraction of sp³-hybridized carbons (Fsp3) is 0.0426. The van der Waals surface area contributed by atoms with Crippen LogP contribution in [0.1, 0.15) is 5.56 Å². The molecule has 4 nitrogen and oxygen atoms in total. The largest absolute Gasteiger partial charge is 0.348 e. The van der Waals surface area contributed by atoms with Gasteiger partial charge >= 0.3 is 0 Å². The Bertz CT molecular complexity index is 3040. The lowest BCUT2D eigenvalue weighted by Crippen LogP contribution is -2.41. The van der Waals surface area contributed by atoms with Gasteiger partial charge in [-0.2, -0.15) is 0 Å². The average Bonchev–Trinajstić information content (AvgIpc) is 3.70. The highest BCUT2D eigenvalue weighted by molar-refractivity contribution is 6.26. The molecule has 0 N–H and O–H groups in total. The van der Waals surface area contributed by atoms with Crippen molar-refractivity contribution in [2.24, 2.45) is 4.99 Å². The Morgan fingerprint density at radius 2 is 1.16 bits per heavy atom.